The molecule has 0 aliphatic carbocycles. The second-order valence-corrected chi connectivity index (χ2v) is 5.52. The molecule has 0 fully saturated rings. The molecule has 0 aromatic carbocycles. The molecule has 0 radical (unpaired) electrons. The van der Waals surface area contributed by atoms with Crippen molar-refractivity contribution in [2.75, 3.05) is 6.54 Å². The topological polar surface area (TPSA) is 41.1 Å². The summed E-state index contributed by atoms with van der Waals surface area (Å²) >= 11 is 1.73. The molecular formula is C12H20N2OS. The van der Waals surface area contributed by atoms with Crippen LogP contribution in [0.5, 0.6) is 0 Å². The highest BCUT2D eigenvalue weighted by Gasteiger charge is 2.02. The van der Waals surface area contributed by atoms with Gasteiger partial charge in [-0.15, -0.1) is 11.3 Å². The maximum Gasteiger partial charge on any atom is 0.221 e. The van der Waals surface area contributed by atoms with E-state index in [-0.39, 0.29) is 5.91 Å². The molecule has 0 unspecified atom stereocenters. The van der Waals surface area contributed by atoms with Crippen molar-refractivity contribution < 1.29 is 4.79 Å². The molecule has 90 valence electrons. The minimum Gasteiger partial charge on any atom is -0.351 e. The minimum atomic E-state index is 0.110. The Morgan fingerprint density at radius 3 is 2.75 bits per heavy atom. The fraction of sp³-hybridized carbons (Fsp3) is 0.583. The summed E-state index contributed by atoms with van der Waals surface area (Å²) in [4.78, 5) is 14.0. The van der Waals surface area contributed by atoms with Gasteiger partial charge in [0.1, 0.15) is 0 Å². The van der Waals surface area contributed by atoms with Gasteiger partial charge in [-0.25, -0.2) is 0 Å². The van der Waals surface area contributed by atoms with Gasteiger partial charge in [0, 0.05) is 28.8 Å². The van der Waals surface area contributed by atoms with Crippen LogP contribution in [-0.4, -0.2) is 18.5 Å². The highest BCUT2D eigenvalue weighted by molar-refractivity contribution is 7.11. The van der Waals surface area contributed by atoms with E-state index < -0.39 is 0 Å². The first kappa shape index (κ1) is 13.2. The van der Waals surface area contributed by atoms with E-state index in [9.17, 15) is 4.79 Å². The Morgan fingerprint density at radius 1 is 1.44 bits per heavy atom. The lowest BCUT2D eigenvalue weighted by molar-refractivity contribution is -0.121. The first-order chi connectivity index (χ1) is 7.58. The molecular weight excluding hydrogens is 220 g/mol. The Hall–Kier alpha value is -0.870. The lowest BCUT2D eigenvalue weighted by Crippen LogP contribution is -2.30. The van der Waals surface area contributed by atoms with Crippen LogP contribution in [0.15, 0.2) is 12.1 Å². The van der Waals surface area contributed by atoms with Gasteiger partial charge in [-0.05, 0) is 19.1 Å². The zero-order valence-electron chi connectivity index (χ0n) is 10.2. The summed E-state index contributed by atoms with van der Waals surface area (Å²) < 4.78 is 0. The van der Waals surface area contributed by atoms with Gasteiger partial charge in [0.25, 0.3) is 0 Å². The molecule has 0 spiro atoms. The fourth-order valence-corrected chi connectivity index (χ4v) is 2.16. The number of hydrogen-bond donors (Lipinski definition) is 2. The van der Waals surface area contributed by atoms with Crippen molar-refractivity contribution in [2.24, 2.45) is 0 Å². The zero-order chi connectivity index (χ0) is 12.0. The second-order valence-electron chi connectivity index (χ2n) is 4.15. The van der Waals surface area contributed by atoms with Gasteiger partial charge in [0.05, 0.1) is 6.54 Å². The van der Waals surface area contributed by atoms with Crippen molar-refractivity contribution in [1.82, 2.24) is 10.6 Å². The van der Waals surface area contributed by atoms with Crippen LogP contribution in [0.1, 0.15) is 30.0 Å². The van der Waals surface area contributed by atoms with E-state index in [0.717, 1.165) is 6.54 Å². The number of rotatable bonds is 6. The van der Waals surface area contributed by atoms with Gasteiger partial charge in [0.2, 0.25) is 5.91 Å². The van der Waals surface area contributed by atoms with E-state index in [1.807, 2.05) is 0 Å². The molecule has 0 atom stereocenters. The van der Waals surface area contributed by atoms with Crippen LogP contribution in [0.3, 0.4) is 0 Å². The third kappa shape index (κ3) is 5.28. The number of aryl methyl sites for hydroxylation is 1. The molecule has 1 amide bonds. The van der Waals surface area contributed by atoms with Crippen molar-refractivity contribution in [3.05, 3.63) is 21.9 Å². The predicted molar refractivity (Wildman–Crippen MR) is 68.7 cm³/mol. The Balaban J connectivity index is 2.15. The molecule has 0 aliphatic heterocycles. The smallest absolute Gasteiger partial charge is 0.221 e. The summed E-state index contributed by atoms with van der Waals surface area (Å²) in [6, 6.07) is 4.58. The van der Waals surface area contributed by atoms with Crippen LogP contribution in [0.2, 0.25) is 0 Å². The largest absolute Gasteiger partial charge is 0.351 e. The van der Waals surface area contributed by atoms with E-state index in [1.165, 1.54) is 9.75 Å². The molecule has 0 saturated carbocycles. The van der Waals surface area contributed by atoms with E-state index >= 15 is 0 Å². The lowest BCUT2D eigenvalue weighted by Gasteiger charge is -2.07. The number of nitrogens with one attached hydrogen (secondary N) is 2. The third-order valence-electron chi connectivity index (χ3n) is 2.16. The lowest BCUT2D eigenvalue weighted by atomic mass is 10.3. The Morgan fingerprint density at radius 2 is 2.19 bits per heavy atom. The maximum atomic E-state index is 11.5. The van der Waals surface area contributed by atoms with Gasteiger partial charge in [-0.1, -0.05) is 13.8 Å². The molecule has 1 aromatic rings. The van der Waals surface area contributed by atoms with E-state index in [2.05, 4.69) is 43.5 Å². The first-order valence-electron chi connectivity index (χ1n) is 5.63. The molecule has 1 heterocycles. The Labute approximate surface area is 101 Å². The van der Waals surface area contributed by atoms with Crippen LogP contribution < -0.4 is 10.6 Å². The summed E-state index contributed by atoms with van der Waals surface area (Å²) in [5.41, 5.74) is 0. The third-order valence-corrected chi connectivity index (χ3v) is 3.16. The quantitative estimate of drug-likeness (QED) is 0.799. The predicted octanol–water partition coefficient (Wildman–Crippen LogP) is 2.06. The zero-order valence-corrected chi connectivity index (χ0v) is 11.0. The van der Waals surface area contributed by atoms with Crippen LogP contribution in [0, 0.1) is 6.92 Å². The Bertz CT molecular complexity index is 334. The molecule has 1 aromatic heterocycles. The SMILES string of the molecule is Cc1ccc(CNC(=O)CCNC(C)C)s1. The number of carbonyl (C=O) groups is 1. The van der Waals surface area contributed by atoms with Crippen LogP contribution >= 0.6 is 11.3 Å². The van der Waals surface area contributed by atoms with E-state index in [4.69, 9.17) is 0 Å². The maximum absolute atomic E-state index is 11.5. The fourth-order valence-electron chi connectivity index (χ4n) is 1.33. The van der Waals surface area contributed by atoms with Crippen molar-refractivity contribution in [2.45, 2.75) is 39.8 Å². The van der Waals surface area contributed by atoms with Gasteiger partial charge in [-0.2, -0.15) is 0 Å². The first-order valence-corrected chi connectivity index (χ1v) is 6.45. The van der Waals surface area contributed by atoms with Crippen molar-refractivity contribution >= 4 is 17.2 Å². The molecule has 0 bridgehead atoms. The monoisotopic (exact) mass is 240 g/mol. The number of thiophene rings is 1. The Kier molecular flexibility index (Phi) is 5.49. The summed E-state index contributed by atoms with van der Waals surface area (Å²) in [6.07, 6.45) is 0.544. The molecule has 3 nitrogen and oxygen atoms in total. The molecule has 0 saturated heterocycles. The molecule has 16 heavy (non-hydrogen) atoms. The summed E-state index contributed by atoms with van der Waals surface area (Å²) in [5, 5.41) is 6.14. The van der Waals surface area contributed by atoms with E-state index in [1.54, 1.807) is 11.3 Å². The van der Waals surface area contributed by atoms with Crippen LogP contribution in [0.25, 0.3) is 0 Å². The van der Waals surface area contributed by atoms with Crippen molar-refractivity contribution in [3.8, 4) is 0 Å². The van der Waals surface area contributed by atoms with Crippen molar-refractivity contribution in [1.29, 1.82) is 0 Å². The van der Waals surface area contributed by atoms with Gasteiger partial charge in [0.15, 0.2) is 0 Å². The summed E-state index contributed by atoms with van der Waals surface area (Å²) in [7, 11) is 0. The van der Waals surface area contributed by atoms with E-state index in [0.29, 0.717) is 19.0 Å². The number of carbonyl (C=O) groups excluding carboxylic acids is 1. The average Bonchev–Trinajstić information content (AvgIpc) is 2.61. The van der Waals surface area contributed by atoms with Gasteiger partial charge < -0.3 is 10.6 Å². The molecule has 0 aliphatic rings. The standard InChI is InChI=1S/C12H20N2OS/c1-9(2)13-7-6-12(15)14-8-11-5-4-10(3)16-11/h4-5,9,13H,6-8H2,1-3H3,(H,14,15). The highest BCUT2D eigenvalue weighted by atomic mass is 32.1. The molecule has 1 rings (SSSR count). The normalized spacial score (nSPS) is 10.8. The number of hydrogen-bond acceptors (Lipinski definition) is 3. The summed E-state index contributed by atoms with van der Waals surface area (Å²) in [6.45, 7) is 7.62. The number of amides is 1. The van der Waals surface area contributed by atoms with Crippen molar-refractivity contribution in [3.63, 3.8) is 0 Å². The summed E-state index contributed by atoms with van der Waals surface area (Å²) in [5.74, 6) is 0.110. The molecule has 4 heteroatoms. The average molecular weight is 240 g/mol. The minimum absolute atomic E-state index is 0.110. The van der Waals surface area contributed by atoms with Crippen LogP contribution in [0.4, 0.5) is 0 Å². The second kappa shape index (κ2) is 6.66. The highest BCUT2D eigenvalue weighted by Crippen LogP contribution is 2.14. The molecule has 2 N–H and O–H groups in total. The van der Waals surface area contributed by atoms with Crippen LogP contribution in [-0.2, 0) is 11.3 Å². The van der Waals surface area contributed by atoms with Gasteiger partial charge >= 0.3 is 0 Å². The van der Waals surface area contributed by atoms with Gasteiger partial charge in [-0.3, -0.25) is 4.79 Å².